The van der Waals surface area contributed by atoms with E-state index in [1.807, 2.05) is 41.5 Å². The Hall–Kier alpha value is -4.10. The van der Waals surface area contributed by atoms with Gasteiger partial charge in [0.15, 0.2) is 18.0 Å². The number of benzene rings is 2. The van der Waals surface area contributed by atoms with E-state index >= 15 is 0 Å². The SMILES string of the molecule is CCc1ccc(OCC(=O)OC)c(SNc2noc3cc(CN4C=C(CNC(=O)OC)CN4)cc(OC)c23)c1. The maximum atomic E-state index is 11.6. The first kappa shape index (κ1) is 27.9. The van der Waals surface area contributed by atoms with E-state index in [4.69, 9.17) is 14.0 Å². The summed E-state index contributed by atoms with van der Waals surface area (Å²) in [5.74, 6) is 1.18. The lowest BCUT2D eigenvalue weighted by atomic mass is 10.1. The van der Waals surface area contributed by atoms with E-state index in [1.54, 1.807) is 7.11 Å². The van der Waals surface area contributed by atoms with Gasteiger partial charge in [0.25, 0.3) is 0 Å². The number of esters is 1. The number of ether oxygens (including phenoxy) is 4. The molecule has 3 aromatic rings. The van der Waals surface area contributed by atoms with Crippen LogP contribution in [0.5, 0.6) is 11.5 Å². The van der Waals surface area contributed by atoms with E-state index in [1.165, 1.54) is 26.2 Å². The standard InChI is InChI=1S/C26H31N5O7S/c1-5-16-6-7-19(37-15-23(32)35-3)22(10-16)39-30-25-24-20(34-2)8-17(9-21(24)38-29-25)13-31-14-18(12-28-31)11-27-26(33)36-4/h6-10,14,28H,5,11-13,15H2,1-4H3,(H,27,33)(H,29,30). The van der Waals surface area contributed by atoms with Crippen LogP contribution in [0, 0.1) is 0 Å². The third-order valence-electron chi connectivity index (χ3n) is 5.91. The normalized spacial score (nSPS) is 12.7. The maximum absolute atomic E-state index is 11.6. The first-order valence-corrected chi connectivity index (χ1v) is 13.0. The van der Waals surface area contributed by atoms with Gasteiger partial charge in [-0.3, -0.25) is 0 Å². The lowest BCUT2D eigenvalue weighted by Gasteiger charge is -2.16. The van der Waals surface area contributed by atoms with Crippen LogP contribution in [0.2, 0.25) is 0 Å². The Bertz CT molecular complexity index is 1360. The van der Waals surface area contributed by atoms with Gasteiger partial charge in [-0.15, -0.1) is 0 Å². The number of hydrazine groups is 1. The summed E-state index contributed by atoms with van der Waals surface area (Å²) in [6.07, 6.45) is 2.32. The van der Waals surface area contributed by atoms with Crippen LogP contribution in [0.25, 0.3) is 11.0 Å². The van der Waals surface area contributed by atoms with Gasteiger partial charge >= 0.3 is 12.1 Å². The molecule has 1 aliphatic heterocycles. The molecule has 2 heterocycles. The summed E-state index contributed by atoms with van der Waals surface area (Å²) < 4.78 is 29.5. The average molecular weight is 558 g/mol. The zero-order valence-electron chi connectivity index (χ0n) is 22.2. The van der Waals surface area contributed by atoms with Gasteiger partial charge in [0.05, 0.1) is 32.8 Å². The van der Waals surface area contributed by atoms with Crippen molar-refractivity contribution in [2.75, 3.05) is 45.7 Å². The molecule has 0 atom stereocenters. The summed E-state index contributed by atoms with van der Waals surface area (Å²) >= 11 is 1.30. The van der Waals surface area contributed by atoms with Crippen LogP contribution >= 0.6 is 11.9 Å². The summed E-state index contributed by atoms with van der Waals surface area (Å²) in [5, 5.41) is 9.52. The molecule has 0 aliphatic carbocycles. The Morgan fingerprint density at radius 2 is 1.97 bits per heavy atom. The topological polar surface area (TPSA) is 136 Å². The van der Waals surface area contributed by atoms with Crippen molar-refractivity contribution in [3.8, 4) is 11.5 Å². The number of nitrogens with one attached hydrogen (secondary N) is 3. The second-order valence-electron chi connectivity index (χ2n) is 8.50. The van der Waals surface area contributed by atoms with E-state index < -0.39 is 12.1 Å². The molecule has 12 nitrogen and oxygen atoms in total. The molecule has 3 N–H and O–H groups in total. The summed E-state index contributed by atoms with van der Waals surface area (Å²) in [6.45, 7) is 3.42. The van der Waals surface area contributed by atoms with Crippen molar-refractivity contribution in [2.45, 2.75) is 24.8 Å². The first-order valence-electron chi connectivity index (χ1n) is 12.2. The predicted molar refractivity (Wildman–Crippen MR) is 145 cm³/mol. The molecule has 0 bridgehead atoms. The predicted octanol–water partition coefficient (Wildman–Crippen LogP) is 3.63. The van der Waals surface area contributed by atoms with E-state index in [-0.39, 0.29) is 6.61 Å². The summed E-state index contributed by atoms with van der Waals surface area (Å²) in [4.78, 5) is 23.7. The number of aromatic nitrogens is 1. The molecule has 13 heteroatoms. The molecule has 1 aromatic heterocycles. The fraction of sp³-hybridized carbons (Fsp3) is 0.346. The molecule has 39 heavy (non-hydrogen) atoms. The summed E-state index contributed by atoms with van der Waals surface area (Å²) in [6, 6.07) is 9.61. The van der Waals surface area contributed by atoms with Gasteiger partial charge in [-0.1, -0.05) is 18.1 Å². The van der Waals surface area contributed by atoms with Crippen molar-refractivity contribution >= 4 is 40.8 Å². The van der Waals surface area contributed by atoms with Gasteiger partial charge in [0.1, 0.15) is 16.9 Å². The molecule has 0 saturated heterocycles. The van der Waals surface area contributed by atoms with E-state index in [0.29, 0.717) is 47.9 Å². The number of carbonyl (C=O) groups is 2. The van der Waals surface area contributed by atoms with Crippen LogP contribution in [0.1, 0.15) is 18.1 Å². The maximum Gasteiger partial charge on any atom is 0.407 e. The van der Waals surface area contributed by atoms with Gasteiger partial charge in [-0.05, 0) is 59.3 Å². The zero-order chi connectivity index (χ0) is 27.8. The zero-order valence-corrected chi connectivity index (χ0v) is 23.0. The van der Waals surface area contributed by atoms with Crippen molar-refractivity contribution in [1.82, 2.24) is 20.9 Å². The highest BCUT2D eigenvalue weighted by molar-refractivity contribution is 8.00. The summed E-state index contributed by atoms with van der Waals surface area (Å²) in [5.41, 5.74) is 6.90. The van der Waals surface area contributed by atoms with E-state index in [0.717, 1.165) is 28.0 Å². The minimum atomic E-state index is -0.472. The highest BCUT2D eigenvalue weighted by atomic mass is 32.2. The monoisotopic (exact) mass is 557 g/mol. The lowest BCUT2D eigenvalue weighted by Crippen LogP contribution is -2.29. The van der Waals surface area contributed by atoms with Gasteiger partial charge < -0.3 is 38.5 Å². The number of aryl methyl sites for hydroxylation is 1. The number of rotatable bonds is 12. The minimum Gasteiger partial charge on any atom is -0.496 e. The van der Waals surface area contributed by atoms with Crippen molar-refractivity contribution in [3.05, 3.63) is 53.2 Å². The second kappa shape index (κ2) is 13.1. The fourth-order valence-electron chi connectivity index (χ4n) is 3.86. The van der Waals surface area contributed by atoms with Crippen molar-refractivity contribution < 1.29 is 33.1 Å². The van der Waals surface area contributed by atoms with Crippen LogP contribution in [0.4, 0.5) is 10.6 Å². The van der Waals surface area contributed by atoms with Gasteiger partial charge in [-0.25, -0.2) is 15.0 Å². The molecule has 4 rings (SSSR count). The Labute approximate surface area is 230 Å². The molecular weight excluding hydrogens is 526 g/mol. The molecule has 0 unspecified atom stereocenters. The molecule has 208 valence electrons. The lowest BCUT2D eigenvalue weighted by molar-refractivity contribution is -0.142. The smallest absolute Gasteiger partial charge is 0.407 e. The summed E-state index contributed by atoms with van der Waals surface area (Å²) in [7, 11) is 4.24. The Balaban J connectivity index is 1.48. The van der Waals surface area contributed by atoms with Crippen molar-refractivity contribution in [3.63, 3.8) is 0 Å². The molecular formula is C26H31N5O7S. The third-order valence-corrected chi connectivity index (χ3v) is 6.75. The minimum absolute atomic E-state index is 0.191. The number of amides is 1. The molecule has 1 amide bonds. The van der Waals surface area contributed by atoms with Gasteiger partial charge in [-0.2, -0.15) is 0 Å². The number of carbonyl (C=O) groups excluding carboxylic acids is 2. The number of anilines is 1. The quantitative estimate of drug-likeness (QED) is 0.222. The first-order chi connectivity index (χ1) is 18.9. The number of methoxy groups -OCH3 is 3. The molecule has 0 radical (unpaired) electrons. The van der Waals surface area contributed by atoms with E-state index in [2.05, 4.69) is 37.0 Å². The molecule has 0 saturated carbocycles. The van der Waals surface area contributed by atoms with E-state index in [9.17, 15) is 9.59 Å². The molecule has 0 fully saturated rings. The van der Waals surface area contributed by atoms with Crippen LogP contribution in [0.15, 0.2) is 51.5 Å². The Kier molecular flexibility index (Phi) is 9.39. The number of hydrogen-bond donors (Lipinski definition) is 3. The van der Waals surface area contributed by atoms with Gasteiger partial charge in [0, 0.05) is 19.3 Å². The number of nitrogens with zero attached hydrogens (tertiary/aromatic N) is 2. The largest absolute Gasteiger partial charge is 0.496 e. The van der Waals surface area contributed by atoms with Crippen LogP contribution in [-0.2, 0) is 27.2 Å². The second-order valence-corrected chi connectivity index (χ2v) is 9.35. The molecule has 0 spiro atoms. The van der Waals surface area contributed by atoms with Crippen molar-refractivity contribution in [1.29, 1.82) is 0 Å². The average Bonchev–Trinajstić information content (AvgIpc) is 3.59. The highest BCUT2D eigenvalue weighted by Crippen LogP contribution is 2.38. The molecule has 1 aliphatic rings. The third kappa shape index (κ3) is 7.06. The Morgan fingerprint density at radius 3 is 2.72 bits per heavy atom. The fourth-order valence-corrected chi connectivity index (χ4v) is 4.65. The number of hydrogen-bond acceptors (Lipinski definition) is 12. The van der Waals surface area contributed by atoms with Gasteiger partial charge in [0.2, 0.25) is 0 Å². The van der Waals surface area contributed by atoms with Crippen molar-refractivity contribution in [2.24, 2.45) is 0 Å². The van der Waals surface area contributed by atoms with Crippen LogP contribution < -0.4 is 24.9 Å². The van der Waals surface area contributed by atoms with Crippen LogP contribution in [0.3, 0.4) is 0 Å². The van der Waals surface area contributed by atoms with Crippen LogP contribution in [-0.4, -0.2) is 63.3 Å². The number of fused-ring (bicyclic) bond motifs is 1. The highest BCUT2D eigenvalue weighted by Gasteiger charge is 2.19. The number of alkyl carbamates (subject to hydrolysis) is 1. The Morgan fingerprint density at radius 1 is 1.13 bits per heavy atom. The molecule has 2 aromatic carbocycles.